The summed E-state index contributed by atoms with van der Waals surface area (Å²) in [6, 6.07) is 7.81. The molecule has 1 aliphatic carbocycles. The van der Waals surface area contributed by atoms with Gasteiger partial charge in [0.1, 0.15) is 10.6 Å². The second-order valence-corrected chi connectivity index (χ2v) is 7.66. The van der Waals surface area contributed by atoms with E-state index in [-0.39, 0.29) is 5.91 Å². The Kier molecular flexibility index (Phi) is 4.70. The third-order valence-electron chi connectivity index (χ3n) is 4.93. The van der Waals surface area contributed by atoms with Crippen LogP contribution in [0, 0.1) is 0 Å². The molecule has 2 aliphatic rings. The number of likely N-dealkylation sites (tertiary alicyclic amines) is 1. The number of methoxy groups -OCH3 is 1. The highest BCUT2D eigenvalue weighted by molar-refractivity contribution is 7.17. The minimum Gasteiger partial charge on any atom is -0.497 e. The van der Waals surface area contributed by atoms with Crippen LogP contribution in [0.4, 0.5) is 0 Å². The molecule has 0 atom stereocenters. The topological polar surface area (TPSA) is 72.9 Å². The predicted molar refractivity (Wildman–Crippen MR) is 100.0 cm³/mol. The average molecular weight is 385 g/mol. The molecule has 0 bridgehead atoms. The Bertz CT molecular complexity index is 932. The third kappa shape index (κ3) is 3.35. The maximum atomic E-state index is 12.4. The Hall–Kier alpha value is -2.67. The van der Waals surface area contributed by atoms with Gasteiger partial charge in [-0.2, -0.15) is 0 Å². The monoisotopic (exact) mass is 385 g/mol. The molecule has 1 aromatic carbocycles. The normalized spacial score (nSPS) is 15.3. The molecule has 4 rings (SSSR count). The molecule has 0 spiro atoms. The molecule has 2 heterocycles. The number of fused-ring (bicyclic) bond motifs is 3. The van der Waals surface area contributed by atoms with Crippen molar-refractivity contribution in [2.24, 2.45) is 0 Å². The fourth-order valence-electron chi connectivity index (χ4n) is 3.53. The fraction of sp³-hybridized carbons (Fsp3) is 0.350. The van der Waals surface area contributed by atoms with Gasteiger partial charge >= 0.3 is 5.97 Å². The van der Waals surface area contributed by atoms with Crippen LogP contribution in [0.25, 0.3) is 10.4 Å². The SMILES string of the molecule is COc1ccc2c(c1)CCc1cc(C(=O)OCC(=O)N3CCCC3=O)sc1-2. The summed E-state index contributed by atoms with van der Waals surface area (Å²) in [6.07, 6.45) is 2.78. The van der Waals surface area contributed by atoms with Gasteiger partial charge in [0.15, 0.2) is 6.61 Å². The number of esters is 1. The number of rotatable bonds is 4. The van der Waals surface area contributed by atoms with Crippen molar-refractivity contribution in [3.63, 3.8) is 0 Å². The van der Waals surface area contributed by atoms with E-state index < -0.39 is 18.5 Å². The first kappa shape index (κ1) is 17.7. The van der Waals surface area contributed by atoms with Gasteiger partial charge in [-0.05, 0) is 60.2 Å². The van der Waals surface area contributed by atoms with E-state index in [9.17, 15) is 14.4 Å². The molecule has 0 unspecified atom stereocenters. The number of thiophene rings is 1. The van der Waals surface area contributed by atoms with Gasteiger partial charge < -0.3 is 9.47 Å². The largest absolute Gasteiger partial charge is 0.497 e. The number of nitrogens with zero attached hydrogens (tertiary/aromatic N) is 1. The van der Waals surface area contributed by atoms with Gasteiger partial charge in [0.05, 0.1) is 7.11 Å². The first-order chi connectivity index (χ1) is 13.1. The summed E-state index contributed by atoms with van der Waals surface area (Å²) in [6.45, 7) is 0.00366. The summed E-state index contributed by atoms with van der Waals surface area (Å²) in [5.41, 5.74) is 3.43. The summed E-state index contributed by atoms with van der Waals surface area (Å²) in [5, 5.41) is 0. The Labute approximate surface area is 160 Å². The molecule has 0 radical (unpaired) electrons. The Morgan fingerprint density at radius 3 is 2.70 bits per heavy atom. The Morgan fingerprint density at radius 1 is 1.15 bits per heavy atom. The van der Waals surface area contributed by atoms with Crippen LogP contribution in [0.1, 0.15) is 33.6 Å². The smallest absolute Gasteiger partial charge is 0.348 e. The van der Waals surface area contributed by atoms with Crippen molar-refractivity contribution in [2.75, 3.05) is 20.3 Å². The van der Waals surface area contributed by atoms with Gasteiger partial charge in [-0.25, -0.2) is 4.79 Å². The van der Waals surface area contributed by atoms with Gasteiger partial charge in [0.25, 0.3) is 5.91 Å². The highest BCUT2D eigenvalue weighted by atomic mass is 32.1. The van der Waals surface area contributed by atoms with E-state index in [0.717, 1.165) is 39.5 Å². The molecule has 2 aromatic rings. The summed E-state index contributed by atoms with van der Waals surface area (Å²) >= 11 is 1.38. The molecule has 1 fully saturated rings. The van der Waals surface area contributed by atoms with Gasteiger partial charge in [0.2, 0.25) is 5.91 Å². The van der Waals surface area contributed by atoms with Crippen molar-refractivity contribution >= 4 is 29.1 Å². The van der Waals surface area contributed by atoms with Crippen molar-refractivity contribution in [2.45, 2.75) is 25.7 Å². The molecule has 7 heteroatoms. The molecule has 1 saturated heterocycles. The van der Waals surface area contributed by atoms with E-state index in [4.69, 9.17) is 9.47 Å². The highest BCUT2D eigenvalue weighted by Crippen LogP contribution is 2.41. The predicted octanol–water partition coefficient (Wildman–Crippen LogP) is 2.83. The van der Waals surface area contributed by atoms with Crippen LogP contribution >= 0.6 is 11.3 Å². The lowest BCUT2D eigenvalue weighted by Crippen LogP contribution is -2.35. The molecular weight excluding hydrogens is 366 g/mol. The highest BCUT2D eigenvalue weighted by Gasteiger charge is 2.28. The number of ether oxygens (including phenoxy) is 2. The second-order valence-electron chi connectivity index (χ2n) is 6.61. The molecule has 6 nitrogen and oxygen atoms in total. The van der Waals surface area contributed by atoms with Crippen molar-refractivity contribution in [1.82, 2.24) is 4.90 Å². The van der Waals surface area contributed by atoms with E-state index >= 15 is 0 Å². The van der Waals surface area contributed by atoms with Crippen molar-refractivity contribution in [3.05, 3.63) is 40.3 Å². The van der Waals surface area contributed by atoms with E-state index in [2.05, 4.69) is 0 Å². The van der Waals surface area contributed by atoms with Crippen molar-refractivity contribution < 1.29 is 23.9 Å². The van der Waals surface area contributed by atoms with Gasteiger partial charge in [-0.3, -0.25) is 14.5 Å². The minimum atomic E-state index is -0.524. The molecule has 2 amide bonds. The summed E-state index contributed by atoms with van der Waals surface area (Å²) < 4.78 is 10.4. The standard InChI is InChI=1S/C20H19NO5S/c1-25-14-6-7-15-12(9-14)4-5-13-10-16(27-19(13)15)20(24)26-11-18(23)21-8-2-3-17(21)22/h6-7,9-10H,2-5,8,11H2,1H3. The number of hydrogen-bond acceptors (Lipinski definition) is 6. The van der Waals surface area contributed by atoms with E-state index in [1.165, 1.54) is 16.9 Å². The van der Waals surface area contributed by atoms with E-state index in [1.807, 2.05) is 24.3 Å². The van der Waals surface area contributed by atoms with Crippen LogP contribution in [0.15, 0.2) is 24.3 Å². The number of carbonyl (C=O) groups excluding carboxylic acids is 3. The molecule has 1 aliphatic heterocycles. The number of amides is 2. The van der Waals surface area contributed by atoms with E-state index in [0.29, 0.717) is 24.3 Å². The average Bonchev–Trinajstić information content (AvgIpc) is 3.31. The number of carbonyl (C=O) groups is 3. The maximum absolute atomic E-state index is 12.4. The first-order valence-corrected chi connectivity index (χ1v) is 9.69. The lowest BCUT2D eigenvalue weighted by atomic mass is 9.91. The third-order valence-corrected chi connectivity index (χ3v) is 6.12. The number of imide groups is 1. The molecule has 1 aromatic heterocycles. The number of aryl methyl sites for hydroxylation is 2. The van der Waals surface area contributed by atoms with Crippen LogP contribution in [0.3, 0.4) is 0 Å². The van der Waals surface area contributed by atoms with Gasteiger partial charge in [-0.15, -0.1) is 11.3 Å². The van der Waals surface area contributed by atoms with Crippen LogP contribution in [-0.4, -0.2) is 42.9 Å². The number of benzene rings is 1. The molecule has 27 heavy (non-hydrogen) atoms. The molecular formula is C20H19NO5S. The minimum absolute atomic E-state index is 0.199. The number of hydrogen-bond donors (Lipinski definition) is 0. The zero-order valence-electron chi connectivity index (χ0n) is 14.9. The van der Waals surface area contributed by atoms with Crippen molar-refractivity contribution in [3.8, 4) is 16.2 Å². The zero-order valence-corrected chi connectivity index (χ0v) is 15.8. The lowest BCUT2D eigenvalue weighted by molar-refractivity contribution is -0.143. The molecule has 0 saturated carbocycles. The quantitative estimate of drug-likeness (QED) is 0.757. The Morgan fingerprint density at radius 2 is 1.96 bits per heavy atom. The molecule has 140 valence electrons. The summed E-state index contributed by atoms with van der Waals surface area (Å²) in [4.78, 5) is 38.7. The van der Waals surface area contributed by atoms with Crippen LogP contribution in [0.2, 0.25) is 0 Å². The second kappa shape index (κ2) is 7.15. The van der Waals surface area contributed by atoms with Gasteiger partial charge in [0, 0.05) is 17.8 Å². The zero-order chi connectivity index (χ0) is 19.0. The van der Waals surface area contributed by atoms with Crippen LogP contribution < -0.4 is 4.74 Å². The van der Waals surface area contributed by atoms with Crippen molar-refractivity contribution in [1.29, 1.82) is 0 Å². The summed E-state index contributed by atoms with van der Waals surface area (Å²) in [5.74, 6) is -0.355. The van der Waals surface area contributed by atoms with E-state index in [1.54, 1.807) is 7.11 Å². The Balaban J connectivity index is 1.48. The van der Waals surface area contributed by atoms with Crippen LogP contribution in [0.5, 0.6) is 5.75 Å². The van der Waals surface area contributed by atoms with Crippen LogP contribution in [-0.2, 0) is 27.2 Å². The first-order valence-electron chi connectivity index (χ1n) is 8.87. The fourth-order valence-corrected chi connectivity index (χ4v) is 4.69. The lowest BCUT2D eigenvalue weighted by Gasteiger charge is -2.16. The molecule has 0 N–H and O–H groups in total. The van der Waals surface area contributed by atoms with Gasteiger partial charge in [-0.1, -0.05) is 0 Å². The summed E-state index contributed by atoms with van der Waals surface area (Å²) in [7, 11) is 1.65. The maximum Gasteiger partial charge on any atom is 0.348 e.